The van der Waals surface area contributed by atoms with Gasteiger partial charge in [-0.15, -0.1) is 0 Å². The number of fused-ring (bicyclic) bond motifs is 8. The average molecular weight is 553 g/mol. The van der Waals surface area contributed by atoms with Crippen LogP contribution in [0.15, 0.2) is 155 Å². The van der Waals surface area contributed by atoms with Gasteiger partial charge in [-0.1, -0.05) is 84.9 Å². The minimum Gasteiger partial charge on any atom is -0.456 e. The number of aromatic nitrogens is 1. The fourth-order valence-electron chi connectivity index (χ4n) is 6.33. The Hall–Kier alpha value is -5.87. The van der Waals surface area contributed by atoms with Gasteiger partial charge >= 0.3 is 0 Å². The number of pyridine rings is 1. The Labute approximate surface area is 247 Å². The van der Waals surface area contributed by atoms with Gasteiger partial charge in [0.25, 0.3) is 0 Å². The van der Waals surface area contributed by atoms with Crippen molar-refractivity contribution in [1.82, 2.24) is 4.98 Å². The van der Waals surface area contributed by atoms with E-state index in [4.69, 9.17) is 8.83 Å². The van der Waals surface area contributed by atoms with Gasteiger partial charge in [-0.2, -0.15) is 0 Å². The van der Waals surface area contributed by atoms with Crippen LogP contribution >= 0.6 is 0 Å². The van der Waals surface area contributed by atoms with Crippen molar-refractivity contribution in [3.05, 3.63) is 146 Å². The third kappa shape index (κ3) is 3.74. The molecule has 0 radical (unpaired) electrons. The van der Waals surface area contributed by atoms with Crippen LogP contribution in [0.1, 0.15) is 0 Å². The van der Waals surface area contributed by atoms with Crippen LogP contribution in [-0.2, 0) is 0 Å². The average Bonchev–Trinajstić information content (AvgIpc) is 3.64. The molecule has 0 amide bonds. The maximum Gasteiger partial charge on any atom is 0.153 e. The van der Waals surface area contributed by atoms with Gasteiger partial charge in [-0.05, 0) is 59.0 Å². The minimum atomic E-state index is 0.780. The van der Waals surface area contributed by atoms with E-state index < -0.39 is 0 Å². The highest BCUT2D eigenvalue weighted by Gasteiger charge is 2.21. The van der Waals surface area contributed by atoms with E-state index in [1.54, 1.807) is 0 Å². The molecule has 0 saturated carbocycles. The summed E-state index contributed by atoms with van der Waals surface area (Å²) in [5, 5.41) is 5.46. The molecule has 0 aliphatic heterocycles. The molecule has 9 aromatic rings. The van der Waals surface area contributed by atoms with E-state index in [1.165, 1.54) is 11.1 Å². The molecule has 0 spiro atoms. The van der Waals surface area contributed by atoms with Crippen LogP contribution in [0.3, 0.4) is 0 Å². The summed E-state index contributed by atoms with van der Waals surface area (Å²) in [7, 11) is 0. The lowest BCUT2D eigenvalue weighted by molar-refractivity contribution is 0.668. The van der Waals surface area contributed by atoms with Crippen molar-refractivity contribution in [2.24, 2.45) is 0 Å². The van der Waals surface area contributed by atoms with E-state index in [0.717, 1.165) is 71.8 Å². The van der Waals surface area contributed by atoms with Crippen molar-refractivity contribution in [1.29, 1.82) is 0 Å². The monoisotopic (exact) mass is 552 g/mol. The zero-order valence-electron chi connectivity index (χ0n) is 23.1. The zero-order chi connectivity index (χ0) is 28.3. The molecule has 0 atom stereocenters. The fraction of sp³-hybridized carbons (Fsp3) is 0. The third-order valence-electron chi connectivity index (χ3n) is 8.31. The van der Waals surface area contributed by atoms with Gasteiger partial charge in [0.15, 0.2) is 5.58 Å². The van der Waals surface area contributed by atoms with E-state index in [2.05, 4.69) is 119 Å². The number of para-hydroxylation sites is 1. The largest absolute Gasteiger partial charge is 0.456 e. The lowest BCUT2D eigenvalue weighted by atomic mass is 10.0. The molecule has 0 aliphatic rings. The summed E-state index contributed by atoms with van der Waals surface area (Å²) in [5.41, 5.74) is 9.60. The van der Waals surface area contributed by atoms with Crippen molar-refractivity contribution in [3.63, 3.8) is 0 Å². The molecule has 0 unspecified atom stereocenters. The summed E-state index contributed by atoms with van der Waals surface area (Å²) in [4.78, 5) is 6.98. The van der Waals surface area contributed by atoms with Crippen LogP contribution in [0, 0.1) is 0 Å². The highest BCUT2D eigenvalue weighted by molar-refractivity contribution is 6.21. The minimum absolute atomic E-state index is 0.780. The first kappa shape index (κ1) is 23.8. The van der Waals surface area contributed by atoms with E-state index >= 15 is 0 Å². The van der Waals surface area contributed by atoms with Gasteiger partial charge in [-0.3, -0.25) is 4.98 Å². The van der Waals surface area contributed by atoms with E-state index in [1.807, 2.05) is 36.5 Å². The van der Waals surface area contributed by atoms with Gasteiger partial charge in [0, 0.05) is 45.9 Å². The van der Waals surface area contributed by atoms with Gasteiger partial charge < -0.3 is 13.7 Å². The Morgan fingerprint density at radius 1 is 0.442 bits per heavy atom. The molecule has 0 fully saturated rings. The second-order valence-electron chi connectivity index (χ2n) is 10.8. The van der Waals surface area contributed by atoms with Crippen LogP contribution in [0.2, 0.25) is 0 Å². The van der Waals surface area contributed by atoms with Crippen LogP contribution in [0.5, 0.6) is 0 Å². The first-order valence-electron chi connectivity index (χ1n) is 14.4. The summed E-state index contributed by atoms with van der Waals surface area (Å²) in [6.07, 6.45) is 1.82. The first-order valence-corrected chi connectivity index (χ1v) is 14.4. The summed E-state index contributed by atoms with van der Waals surface area (Å²) in [6, 6.07) is 48.4. The molecule has 4 nitrogen and oxygen atoms in total. The van der Waals surface area contributed by atoms with Gasteiger partial charge in [0.1, 0.15) is 22.3 Å². The maximum atomic E-state index is 6.40. The van der Waals surface area contributed by atoms with Crippen molar-refractivity contribution in [3.8, 4) is 11.1 Å². The Morgan fingerprint density at radius 2 is 1.09 bits per heavy atom. The van der Waals surface area contributed by atoms with Crippen molar-refractivity contribution in [2.45, 2.75) is 0 Å². The van der Waals surface area contributed by atoms with E-state index in [-0.39, 0.29) is 0 Å². The number of hydrogen-bond acceptors (Lipinski definition) is 4. The lowest BCUT2D eigenvalue weighted by Crippen LogP contribution is -2.10. The highest BCUT2D eigenvalue weighted by atomic mass is 16.3. The van der Waals surface area contributed by atoms with Crippen LogP contribution in [0.25, 0.3) is 65.9 Å². The molecular weight excluding hydrogens is 528 g/mol. The Balaban J connectivity index is 1.32. The number of benzene rings is 6. The SMILES string of the molecule is c1ccc(-c2ccc(N(c3ccc4c(c3)oc3ccccc34)c3cc4oc5cccnc5c4c4ccccc34)cc2)cc1. The molecule has 3 heterocycles. The first-order chi connectivity index (χ1) is 21.3. The molecule has 0 aliphatic carbocycles. The van der Waals surface area contributed by atoms with Gasteiger partial charge in [0.05, 0.1) is 11.1 Å². The molecular formula is C39H24N2O2. The number of nitrogens with zero attached hydrogens (tertiary/aromatic N) is 2. The van der Waals surface area contributed by atoms with E-state index in [0.29, 0.717) is 0 Å². The molecule has 0 saturated heterocycles. The zero-order valence-corrected chi connectivity index (χ0v) is 23.1. The maximum absolute atomic E-state index is 6.40. The quantitative estimate of drug-likeness (QED) is 0.218. The molecule has 0 bridgehead atoms. The topological polar surface area (TPSA) is 42.4 Å². The third-order valence-corrected chi connectivity index (χ3v) is 8.31. The molecule has 3 aromatic heterocycles. The Bertz CT molecular complexity index is 2450. The second-order valence-corrected chi connectivity index (χ2v) is 10.8. The number of hydrogen-bond donors (Lipinski definition) is 0. The summed E-state index contributed by atoms with van der Waals surface area (Å²) < 4.78 is 12.7. The Kier molecular flexibility index (Phi) is 5.16. The highest BCUT2D eigenvalue weighted by Crippen LogP contribution is 2.45. The van der Waals surface area contributed by atoms with Crippen molar-refractivity contribution < 1.29 is 8.83 Å². The summed E-state index contributed by atoms with van der Waals surface area (Å²) >= 11 is 0. The molecule has 0 N–H and O–H groups in total. The normalized spacial score (nSPS) is 11.7. The predicted octanol–water partition coefficient (Wildman–Crippen LogP) is 11.2. The van der Waals surface area contributed by atoms with E-state index in [9.17, 15) is 0 Å². The van der Waals surface area contributed by atoms with Crippen LogP contribution in [-0.4, -0.2) is 4.98 Å². The molecule has 4 heteroatoms. The van der Waals surface area contributed by atoms with Gasteiger partial charge in [0.2, 0.25) is 0 Å². The molecule has 202 valence electrons. The van der Waals surface area contributed by atoms with Crippen molar-refractivity contribution >= 4 is 71.8 Å². The number of furan rings is 2. The van der Waals surface area contributed by atoms with Crippen LogP contribution < -0.4 is 4.90 Å². The predicted molar refractivity (Wildman–Crippen MR) is 176 cm³/mol. The number of rotatable bonds is 4. The smallest absolute Gasteiger partial charge is 0.153 e. The molecule has 6 aromatic carbocycles. The lowest BCUT2D eigenvalue weighted by Gasteiger charge is -2.27. The van der Waals surface area contributed by atoms with Gasteiger partial charge in [-0.25, -0.2) is 0 Å². The summed E-state index contributed by atoms with van der Waals surface area (Å²) in [5.74, 6) is 0. The van der Waals surface area contributed by atoms with Crippen molar-refractivity contribution in [2.75, 3.05) is 4.90 Å². The standard InChI is InChI=1S/C39H24N2O2/c1-2-9-25(10-3-1)26-16-18-27(19-17-26)41(28-20-21-31-30-12-6-7-14-34(30)42-36(31)23-28)33-24-37-38(32-13-5-4-11-29(32)33)39-35(43-37)15-8-22-40-39/h1-24H. The fourth-order valence-corrected chi connectivity index (χ4v) is 6.33. The molecule has 9 rings (SSSR count). The second kappa shape index (κ2) is 9.33. The molecule has 43 heavy (non-hydrogen) atoms. The number of anilines is 3. The van der Waals surface area contributed by atoms with Crippen LogP contribution in [0.4, 0.5) is 17.1 Å². The summed E-state index contributed by atoms with van der Waals surface area (Å²) in [6.45, 7) is 0. The Morgan fingerprint density at radius 3 is 1.95 bits per heavy atom.